The summed E-state index contributed by atoms with van der Waals surface area (Å²) in [5.74, 6) is 2.08. The van der Waals surface area contributed by atoms with Gasteiger partial charge in [0.1, 0.15) is 0 Å². The Morgan fingerprint density at radius 2 is 1.59 bits per heavy atom. The molecule has 150 valence electrons. The van der Waals surface area contributed by atoms with E-state index < -0.39 is 0 Å². The Morgan fingerprint density at radius 1 is 0.963 bits per heavy atom. The Labute approximate surface area is 167 Å². The highest BCUT2D eigenvalue weighted by atomic mass is 15.4. The molecule has 4 rings (SSSR count). The van der Waals surface area contributed by atoms with Crippen LogP contribution in [0.1, 0.15) is 90.7 Å². The number of benzene rings is 1. The molecular weight excluding hydrogens is 328 g/mol. The predicted octanol–water partition coefficient (Wildman–Crippen LogP) is 6.23. The maximum Gasteiger partial charge on any atom is 0.0711 e. The van der Waals surface area contributed by atoms with Crippen LogP contribution in [0.25, 0.3) is 0 Å². The Bertz CT molecular complexity index is 678. The van der Waals surface area contributed by atoms with E-state index in [2.05, 4.69) is 76.5 Å². The van der Waals surface area contributed by atoms with Crippen LogP contribution in [-0.4, -0.2) is 30.7 Å². The first-order valence-corrected chi connectivity index (χ1v) is 11.3. The van der Waals surface area contributed by atoms with Gasteiger partial charge in [-0.2, -0.15) is 0 Å². The average Bonchev–Trinajstić information content (AvgIpc) is 3.23. The molecule has 2 bridgehead atoms. The summed E-state index contributed by atoms with van der Waals surface area (Å²) >= 11 is 0. The summed E-state index contributed by atoms with van der Waals surface area (Å²) in [5, 5.41) is 0. The molecule has 2 heteroatoms. The third-order valence-corrected chi connectivity index (χ3v) is 8.86. The van der Waals surface area contributed by atoms with Crippen molar-refractivity contribution >= 4 is 5.69 Å². The second-order valence-corrected chi connectivity index (χ2v) is 10.9. The number of fused-ring (bicyclic) bond motifs is 2. The van der Waals surface area contributed by atoms with E-state index in [1.54, 1.807) is 0 Å². The molecule has 0 N–H and O–H groups in total. The molecule has 3 atom stereocenters. The second-order valence-electron chi connectivity index (χ2n) is 10.9. The molecule has 0 spiro atoms. The summed E-state index contributed by atoms with van der Waals surface area (Å²) in [6.07, 6.45) is 4.29. The summed E-state index contributed by atoms with van der Waals surface area (Å²) in [6, 6.07) is 7.75. The zero-order valence-electron chi connectivity index (χ0n) is 18.7. The molecule has 3 fully saturated rings. The minimum absolute atomic E-state index is 0.492. The van der Waals surface area contributed by atoms with Crippen molar-refractivity contribution < 1.29 is 0 Å². The first kappa shape index (κ1) is 19.3. The Balaban J connectivity index is 1.61. The van der Waals surface area contributed by atoms with E-state index in [0.717, 1.165) is 18.6 Å². The summed E-state index contributed by atoms with van der Waals surface area (Å²) in [7, 11) is 0. The average molecular weight is 369 g/mol. The van der Waals surface area contributed by atoms with Gasteiger partial charge in [0.2, 0.25) is 0 Å². The van der Waals surface area contributed by atoms with Crippen LogP contribution in [0.2, 0.25) is 0 Å². The third-order valence-electron chi connectivity index (χ3n) is 8.86. The van der Waals surface area contributed by atoms with Gasteiger partial charge in [-0.15, -0.1) is 0 Å². The molecule has 2 nitrogen and oxygen atoms in total. The predicted molar refractivity (Wildman–Crippen MR) is 117 cm³/mol. The van der Waals surface area contributed by atoms with Crippen molar-refractivity contribution in [3.63, 3.8) is 0 Å². The van der Waals surface area contributed by atoms with Crippen molar-refractivity contribution in [2.24, 2.45) is 16.7 Å². The highest BCUT2D eigenvalue weighted by Crippen LogP contribution is 2.66. The summed E-state index contributed by atoms with van der Waals surface area (Å²) in [5.41, 5.74) is 5.60. The van der Waals surface area contributed by atoms with Gasteiger partial charge in [-0.1, -0.05) is 66.7 Å². The second kappa shape index (κ2) is 6.51. The molecule has 27 heavy (non-hydrogen) atoms. The molecule has 1 aromatic carbocycles. The third kappa shape index (κ3) is 2.77. The summed E-state index contributed by atoms with van der Waals surface area (Å²) < 4.78 is 0. The number of hydrogen-bond acceptors (Lipinski definition) is 2. The quantitative estimate of drug-likeness (QED) is 0.622. The normalized spacial score (nSPS) is 33.0. The van der Waals surface area contributed by atoms with E-state index in [4.69, 9.17) is 0 Å². The van der Waals surface area contributed by atoms with Crippen molar-refractivity contribution in [3.8, 4) is 0 Å². The first-order chi connectivity index (χ1) is 12.7. The Hall–Kier alpha value is -1.02. The number of nitrogens with zero attached hydrogens (tertiary/aromatic N) is 2. The van der Waals surface area contributed by atoms with Gasteiger partial charge in [0, 0.05) is 24.8 Å². The molecule has 1 saturated heterocycles. The molecule has 1 aliphatic heterocycles. The Morgan fingerprint density at radius 3 is 2.07 bits per heavy atom. The number of anilines is 1. The molecule has 0 aromatic heterocycles. The van der Waals surface area contributed by atoms with Gasteiger partial charge in [-0.05, 0) is 59.0 Å². The van der Waals surface area contributed by atoms with Gasteiger partial charge in [-0.3, -0.25) is 4.90 Å². The van der Waals surface area contributed by atoms with Gasteiger partial charge >= 0.3 is 0 Å². The van der Waals surface area contributed by atoms with Crippen LogP contribution in [0.5, 0.6) is 0 Å². The van der Waals surface area contributed by atoms with Crippen LogP contribution < -0.4 is 4.90 Å². The van der Waals surface area contributed by atoms with Crippen LogP contribution in [0.4, 0.5) is 5.69 Å². The molecule has 0 amide bonds. The number of hydrogen-bond donors (Lipinski definition) is 0. The molecule has 1 heterocycles. The molecule has 0 radical (unpaired) electrons. The van der Waals surface area contributed by atoms with Crippen molar-refractivity contribution in [1.82, 2.24) is 4.90 Å². The van der Waals surface area contributed by atoms with Crippen LogP contribution in [0, 0.1) is 16.7 Å². The van der Waals surface area contributed by atoms with Crippen molar-refractivity contribution in [1.29, 1.82) is 0 Å². The molecule has 1 aromatic rings. The van der Waals surface area contributed by atoms with Gasteiger partial charge in [0.25, 0.3) is 0 Å². The van der Waals surface area contributed by atoms with Crippen molar-refractivity contribution in [2.75, 3.05) is 24.7 Å². The lowest BCUT2D eigenvalue weighted by Crippen LogP contribution is -2.46. The minimum Gasteiger partial charge on any atom is -0.357 e. The van der Waals surface area contributed by atoms with E-state index in [9.17, 15) is 0 Å². The monoisotopic (exact) mass is 368 g/mol. The number of rotatable bonds is 4. The fourth-order valence-corrected chi connectivity index (χ4v) is 6.64. The van der Waals surface area contributed by atoms with E-state index >= 15 is 0 Å². The first-order valence-electron chi connectivity index (χ1n) is 11.3. The fraction of sp³-hybridized carbons (Fsp3) is 0.760. The fourth-order valence-electron chi connectivity index (χ4n) is 6.64. The highest BCUT2D eigenvalue weighted by molar-refractivity contribution is 5.62. The number of para-hydroxylation sites is 1. The zero-order chi connectivity index (χ0) is 19.6. The van der Waals surface area contributed by atoms with E-state index in [0.29, 0.717) is 22.7 Å². The van der Waals surface area contributed by atoms with E-state index in [1.807, 2.05) is 0 Å². The van der Waals surface area contributed by atoms with Crippen molar-refractivity contribution in [3.05, 3.63) is 29.3 Å². The summed E-state index contributed by atoms with van der Waals surface area (Å²) in [4.78, 5) is 5.54. The minimum atomic E-state index is 0.492. The zero-order valence-corrected chi connectivity index (χ0v) is 18.7. The van der Waals surface area contributed by atoms with Crippen LogP contribution >= 0.6 is 0 Å². The van der Waals surface area contributed by atoms with Crippen molar-refractivity contribution in [2.45, 2.75) is 85.6 Å². The maximum absolute atomic E-state index is 2.84. The Kier molecular flexibility index (Phi) is 4.65. The summed E-state index contributed by atoms with van der Waals surface area (Å²) in [6.45, 7) is 20.6. The van der Waals surface area contributed by atoms with Crippen LogP contribution in [0.3, 0.4) is 0 Å². The molecule has 2 aliphatic carbocycles. The lowest BCUT2D eigenvalue weighted by atomic mass is 9.69. The highest BCUT2D eigenvalue weighted by Gasteiger charge is 2.62. The van der Waals surface area contributed by atoms with Gasteiger partial charge in [0.05, 0.1) is 6.67 Å². The topological polar surface area (TPSA) is 6.48 Å². The van der Waals surface area contributed by atoms with Gasteiger partial charge < -0.3 is 4.90 Å². The largest absolute Gasteiger partial charge is 0.357 e. The molecule has 2 saturated carbocycles. The van der Waals surface area contributed by atoms with Gasteiger partial charge in [-0.25, -0.2) is 0 Å². The SMILES string of the molecule is CC(C)c1cccc(C(C)C)c1N1CCN(C2CC3CCC2(C)C3(C)C)C1. The van der Waals surface area contributed by atoms with Gasteiger partial charge in [0.15, 0.2) is 0 Å². The molecule has 3 aliphatic rings. The standard InChI is InChI=1S/C25H40N2/c1-17(2)20-9-8-10-21(18(3)4)23(20)27-14-13-26(16-27)22-15-19-11-12-25(22,7)24(19,5)6/h8-10,17-19,22H,11-16H2,1-7H3. The smallest absolute Gasteiger partial charge is 0.0711 e. The lowest BCUT2D eigenvalue weighted by Gasteiger charge is -2.43. The van der Waals surface area contributed by atoms with E-state index in [-0.39, 0.29) is 0 Å². The van der Waals surface area contributed by atoms with Crippen LogP contribution in [-0.2, 0) is 0 Å². The van der Waals surface area contributed by atoms with Crippen LogP contribution in [0.15, 0.2) is 18.2 Å². The molecular formula is C25H40N2. The van der Waals surface area contributed by atoms with E-state index in [1.165, 1.54) is 49.2 Å². The lowest BCUT2D eigenvalue weighted by molar-refractivity contribution is 0.0576. The molecule has 3 unspecified atom stereocenters. The maximum atomic E-state index is 2.84.